The lowest BCUT2D eigenvalue weighted by Crippen LogP contribution is -2.11. The molecule has 0 unspecified atom stereocenters. The van der Waals surface area contributed by atoms with Crippen LogP contribution < -0.4 is 0 Å². The number of phenols is 1. The smallest absolute Gasteiger partial charge is 0.149 e. The summed E-state index contributed by atoms with van der Waals surface area (Å²) in [5, 5.41) is 11.6. The number of phenolic OH excluding ortho intramolecular Hbond substituents is 1. The number of imidazole rings is 1. The van der Waals surface area contributed by atoms with E-state index < -0.39 is 12.7 Å². The van der Waals surface area contributed by atoms with Gasteiger partial charge in [0.2, 0.25) is 0 Å². The van der Waals surface area contributed by atoms with Crippen molar-refractivity contribution in [3.8, 4) is 78.6 Å². The molecule has 1 N–H and O–H groups in total. The summed E-state index contributed by atoms with van der Waals surface area (Å²) in [7, 11) is 0. The van der Waals surface area contributed by atoms with Crippen molar-refractivity contribution in [3.05, 3.63) is 192 Å². The van der Waals surface area contributed by atoms with Gasteiger partial charge in [-0.1, -0.05) is 165 Å². The van der Waals surface area contributed by atoms with Crippen molar-refractivity contribution in [2.24, 2.45) is 0 Å². The molecule has 4 nitrogen and oxygen atoms in total. The van der Waals surface area contributed by atoms with Gasteiger partial charge >= 0.3 is 0 Å². The molecule has 0 aliphatic heterocycles. The fourth-order valence-corrected chi connectivity index (χ4v) is 8.56. The van der Waals surface area contributed by atoms with Crippen molar-refractivity contribution in [2.75, 3.05) is 0 Å². The number of benzene rings is 7. The maximum atomic E-state index is 11.6. The number of pyridine rings is 1. The monoisotopic (exact) mass is 839 g/mol. The first kappa shape index (κ1) is 37.5. The Morgan fingerprint density at radius 3 is 1.89 bits per heavy atom. The Morgan fingerprint density at radius 2 is 1.20 bits per heavy atom. The molecule has 9 rings (SSSR count). The second kappa shape index (κ2) is 16.6. The molecule has 0 aliphatic rings. The fraction of sp³-hybridized carbons (Fsp3) is 0.200. The van der Waals surface area contributed by atoms with Gasteiger partial charge in [0.15, 0.2) is 0 Å². The van der Waals surface area contributed by atoms with Crippen LogP contribution in [0.1, 0.15) is 89.0 Å². The minimum absolute atomic E-state index is 0.0551. The van der Waals surface area contributed by atoms with E-state index in [0.29, 0.717) is 28.2 Å². The second-order valence-corrected chi connectivity index (χ2v) is 19.1. The van der Waals surface area contributed by atoms with E-state index >= 15 is 0 Å². The Morgan fingerprint density at radius 1 is 0.547 bits per heavy atom. The first-order valence-corrected chi connectivity index (χ1v) is 22.0. The van der Waals surface area contributed by atoms with Crippen LogP contribution >= 0.6 is 0 Å². The van der Waals surface area contributed by atoms with E-state index in [9.17, 15) is 5.11 Å². The van der Waals surface area contributed by atoms with Gasteiger partial charge in [-0.15, -0.1) is 0 Å². The number of hydrogen-bond acceptors (Lipinski definition) is 3. The number of fused-ring (bicyclic) bond motifs is 1. The third-order valence-corrected chi connectivity index (χ3v) is 12.3. The molecule has 0 radical (unpaired) electrons. The molecule has 9 aromatic rings. The number of nitrogens with zero attached hydrogens (tertiary/aromatic N) is 3. The molecule has 2 aromatic heterocycles. The van der Waals surface area contributed by atoms with Gasteiger partial charge in [0.1, 0.15) is 11.6 Å². The average molecular weight is 840 g/mol. The Bertz CT molecular complexity index is 3310. The zero-order valence-corrected chi connectivity index (χ0v) is 38.0. The Labute approximate surface area is 384 Å². The third kappa shape index (κ3) is 8.17. The van der Waals surface area contributed by atoms with Crippen molar-refractivity contribution < 1.29 is 10.6 Å². The molecule has 0 atom stereocenters. The maximum Gasteiger partial charge on any atom is 0.149 e. The Kier molecular flexibility index (Phi) is 9.72. The van der Waals surface area contributed by atoms with Crippen LogP contribution in [-0.2, 0) is 10.8 Å². The third-order valence-electron chi connectivity index (χ3n) is 12.3. The fourth-order valence-electron chi connectivity index (χ4n) is 8.56. The highest BCUT2D eigenvalue weighted by atomic mass is 16.3. The molecule has 0 fully saturated rings. The van der Waals surface area contributed by atoms with E-state index in [4.69, 9.17) is 15.5 Å². The summed E-state index contributed by atoms with van der Waals surface area (Å²) in [5.74, 6) is -0.163. The summed E-state index contributed by atoms with van der Waals surface area (Å²) in [6.45, 7) is 14.4. The molecule has 0 aliphatic carbocycles. The molecule has 0 bridgehead atoms. The van der Waals surface area contributed by atoms with Crippen LogP contribution in [0.5, 0.6) is 5.75 Å². The van der Waals surface area contributed by atoms with Gasteiger partial charge in [-0.3, -0.25) is 9.55 Å². The highest BCUT2D eigenvalue weighted by molar-refractivity contribution is 5.98. The number of aromatic hydroxyl groups is 1. The normalized spacial score (nSPS) is 13.3. The molecular weight excluding hydrogens is 779 g/mol. The van der Waals surface area contributed by atoms with Gasteiger partial charge in [0, 0.05) is 28.4 Å². The van der Waals surface area contributed by atoms with Gasteiger partial charge in [0.05, 0.1) is 28.0 Å². The highest BCUT2D eigenvalue weighted by Gasteiger charge is 2.25. The number of aromatic nitrogens is 3. The maximum absolute atomic E-state index is 11.6. The van der Waals surface area contributed by atoms with Crippen LogP contribution in [0.15, 0.2) is 170 Å². The quantitative estimate of drug-likeness (QED) is 0.166. The SMILES string of the molecule is [2H]C([2H])([2H])c1cc(-n2c(-c3ccccc3O)nc3c(-c4cc(-c5cc(-c6ccc(C([2H])(C)C)cc6)ccn5)cc(C(C)(C)C)c4)cccc32)c(-c2ccccc2)cc1-c1ccc(C(C)(C)C)cc1. The zero-order chi connectivity index (χ0) is 48.3. The van der Waals surface area contributed by atoms with E-state index in [1.165, 1.54) is 0 Å². The van der Waals surface area contributed by atoms with Crippen LogP contribution in [0.3, 0.4) is 0 Å². The Balaban J connectivity index is 1.30. The number of para-hydroxylation sites is 2. The van der Waals surface area contributed by atoms with Crippen molar-refractivity contribution in [1.82, 2.24) is 14.5 Å². The molecule has 7 aromatic carbocycles. The van der Waals surface area contributed by atoms with Gasteiger partial charge in [0.25, 0.3) is 0 Å². The first-order chi connectivity index (χ1) is 32.1. The molecule has 64 heavy (non-hydrogen) atoms. The first-order valence-electron chi connectivity index (χ1n) is 24.0. The lowest BCUT2D eigenvalue weighted by Gasteiger charge is -2.22. The van der Waals surface area contributed by atoms with Gasteiger partial charge < -0.3 is 5.11 Å². The molecule has 0 spiro atoms. The Hall–Kier alpha value is -7.04. The van der Waals surface area contributed by atoms with E-state index in [-0.39, 0.29) is 22.1 Å². The number of hydrogen-bond donors (Lipinski definition) is 1. The summed E-state index contributed by atoms with van der Waals surface area (Å²) >= 11 is 0. The van der Waals surface area contributed by atoms with Crippen molar-refractivity contribution in [1.29, 1.82) is 0 Å². The van der Waals surface area contributed by atoms with Crippen molar-refractivity contribution >= 4 is 11.0 Å². The van der Waals surface area contributed by atoms with E-state index in [2.05, 4.69) is 96.1 Å². The average Bonchev–Trinajstić information content (AvgIpc) is 3.70. The summed E-state index contributed by atoms with van der Waals surface area (Å²) in [6.07, 6.45) is 1.85. The molecule has 4 heteroatoms. The number of rotatable bonds is 8. The van der Waals surface area contributed by atoms with Crippen molar-refractivity contribution in [3.63, 3.8) is 0 Å². The molecule has 0 saturated carbocycles. The standard InChI is InChI=1S/C60H57N3O/c1-38(2)40-22-24-41(25-23-40)44-30-31-61-53(36-44)46-33-45(34-48(35-46)60(7,8)9)49-19-15-20-54-57(49)62-58(50-18-13-14-21-56(50)64)63(54)55-32-39(3)51(37-52(55)42-16-11-10-12-17-42)43-26-28-47(29-27-43)59(4,5)6/h10-38,64H,1-9H3/i3D3,38D. The van der Waals surface area contributed by atoms with Gasteiger partial charge in [-0.2, -0.15) is 0 Å². The van der Waals surface area contributed by atoms with E-state index in [1.807, 2.05) is 116 Å². The highest BCUT2D eigenvalue weighted by Crippen LogP contribution is 2.43. The molecule has 0 amide bonds. The molecule has 0 saturated heterocycles. The van der Waals surface area contributed by atoms with Crippen LogP contribution in [0.25, 0.3) is 83.9 Å². The van der Waals surface area contributed by atoms with E-state index in [0.717, 1.165) is 72.4 Å². The van der Waals surface area contributed by atoms with Gasteiger partial charge in [-0.25, -0.2) is 4.98 Å². The number of aryl methyl sites for hydroxylation is 1. The van der Waals surface area contributed by atoms with E-state index in [1.54, 1.807) is 18.2 Å². The van der Waals surface area contributed by atoms with Gasteiger partial charge in [-0.05, 0) is 134 Å². The molecule has 2 heterocycles. The summed E-state index contributed by atoms with van der Waals surface area (Å²) in [4.78, 5) is 10.3. The summed E-state index contributed by atoms with van der Waals surface area (Å²) in [6, 6.07) is 54.3. The molecular formula is C60H57N3O. The lowest BCUT2D eigenvalue weighted by molar-refractivity contribution is 0.477. The zero-order valence-electron chi connectivity index (χ0n) is 42.0. The minimum atomic E-state index is -2.48. The molecule has 318 valence electrons. The second-order valence-electron chi connectivity index (χ2n) is 19.1. The van der Waals surface area contributed by atoms with Crippen LogP contribution in [0.2, 0.25) is 0 Å². The lowest BCUT2D eigenvalue weighted by atomic mass is 9.83. The summed E-state index contributed by atoms with van der Waals surface area (Å²) in [5.41, 5.74) is 14.6. The van der Waals surface area contributed by atoms with Crippen LogP contribution in [0, 0.1) is 6.85 Å². The minimum Gasteiger partial charge on any atom is -0.507 e. The van der Waals surface area contributed by atoms with Crippen LogP contribution in [0.4, 0.5) is 0 Å². The predicted molar refractivity (Wildman–Crippen MR) is 269 cm³/mol. The van der Waals surface area contributed by atoms with Crippen LogP contribution in [-0.4, -0.2) is 19.6 Å². The van der Waals surface area contributed by atoms with Crippen molar-refractivity contribution in [2.45, 2.75) is 79.0 Å². The topological polar surface area (TPSA) is 50.9 Å². The summed E-state index contributed by atoms with van der Waals surface area (Å²) < 4.78 is 37.4. The predicted octanol–water partition coefficient (Wildman–Crippen LogP) is 16.2. The largest absolute Gasteiger partial charge is 0.507 e.